The Morgan fingerprint density at radius 2 is 0.825 bits per heavy atom. The van der Waals surface area contributed by atoms with Crippen molar-refractivity contribution in [2.75, 3.05) is 0 Å². The summed E-state index contributed by atoms with van der Waals surface area (Å²) < 4.78 is 7.49. The van der Waals surface area contributed by atoms with E-state index in [1.54, 1.807) is 0 Å². The van der Waals surface area contributed by atoms with Gasteiger partial charge in [0.1, 0.15) is 0 Å². The summed E-state index contributed by atoms with van der Waals surface area (Å²) in [6, 6.07) is 61.2. The Morgan fingerprint density at radius 3 is 1.53 bits per heavy atom. The number of aromatic nitrogens is 3. The molecule has 3 nitrogen and oxygen atoms in total. The second-order valence-corrected chi connectivity index (χ2v) is 17.6. The molecule has 0 saturated heterocycles. The molecule has 1 aliphatic rings. The van der Waals surface area contributed by atoms with Gasteiger partial charge in [-0.15, -0.1) is 0 Å². The monoisotopic (exact) mass is 733 g/mol. The van der Waals surface area contributed by atoms with E-state index in [-0.39, 0.29) is 10.8 Å². The van der Waals surface area contributed by atoms with Gasteiger partial charge in [-0.25, -0.2) is 0 Å². The normalized spacial score (nSPS) is 15.2. The van der Waals surface area contributed by atoms with Gasteiger partial charge in [0.05, 0.1) is 33.1 Å². The first-order valence-electron chi connectivity index (χ1n) is 20.4. The largest absolute Gasteiger partial charge is 0.309 e. The summed E-state index contributed by atoms with van der Waals surface area (Å²) in [7, 11) is 0. The summed E-state index contributed by atoms with van der Waals surface area (Å²) in [4.78, 5) is 0. The predicted octanol–water partition coefficient (Wildman–Crippen LogP) is 14.5. The number of hydrogen-bond donors (Lipinski definition) is 0. The summed E-state index contributed by atoms with van der Waals surface area (Å²) in [5.74, 6) is 0. The molecule has 0 spiro atoms. The molecule has 0 aliphatic heterocycles. The van der Waals surface area contributed by atoms with Crippen molar-refractivity contribution in [2.24, 2.45) is 0 Å². The smallest absolute Gasteiger partial charge is 0.0561 e. The van der Waals surface area contributed by atoms with Crippen LogP contribution >= 0.6 is 0 Å². The highest BCUT2D eigenvalue weighted by Crippen LogP contribution is 2.51. The van der Waals surface area contributed by atoms with Crippen LogP contribution in [0.2, 0.25) is 0 Å². The van der Waals surface area contributed by atoms with E-state index in [2.05, 4.69) is 205 Å². The highest BCUT2D eigenvalue weighted by atomic mass is 15.0. The lowest BCUT2D eigenvalue weighted by atomic mass is 9.63. The Bertz CT molecular complexity index is 3440. The zero-order valence-corrected chi connectivity index (χ0v) is 32.8. The molecular formula is C54H43N3. The molecule has 0 amide bonds. The molecular weight excluding hydrogens is 691 g/mol. The summed E-state index contributed by atoms with van der Waals surface area (Å²) >= 11 is 0. The molecule has 3 heteroatoms. The van der Waals surface area contributed by atoms with E-state index in [4.69, 9.17) is 0 Å². The molecule has 1 aliphatic carbocycles. The molecule has 0 saturated carbocycles. The van der Waals surface area contributed by atoms with E-state index in [0.717, 1.165) is 0 Å². The zero-order valence-electron chi connectivity index (χ0n) is 32.8. The maximum Gasteiger partial charge on any atom is 0.0561 e. The Kier molecular flexibility index (Phi) is 6.58. The average Bonchev–Trinajstić information content (AvgIpc) is 3.88. The summed E-state index contributed by atoms with van der Waals surface area (Å²) in [5.41, 5.74) is 14.0. The van der Waals surface area contributed by atoms with E-state index in [0.29, 0.717) is 0 Å². The van der Waals surface area contributed by atoms with Gasteiger partial charge in [0.2, 0.25) is 0 Å². The zero-order chi connectivity index (χ0) is 38.2. The van der Waals surface area contributed by atoms with E-state index in [9.17, 15) is 0 Å². The lowest BCUT2D eigenvalue weighted by molar-refractivity contribution is 0.332. The molecule has 11 aromatic rings. The fraction of sp³-hybridized carbons (Fsp3) is 0.148. The van der Waals surface area contributed by atoms with Crippen LogP contribution in [0.4, 0.5) is 0 Å². The molecule has 0 N–H and O–H groups in total. The average molecular weight is 734 g/mol. The molecule has 0 radical (unpaired) electrons. The molecule has 0 fully saturated rings. The van der Waals surface area contributed by atoms with Crippen molar-refractivity contribution in [2.45, 2.75) is 51.4 Å². The summed E-state index contributed by atoms with van der Waals surface area (Å²) in [5, 5.41) is 10.4. The highest BCUT2D eigenvalue weighted by Gasteiger charge is 2.38. The quantitative estimate of drug-likeness (QED) is 0.172. The Hall–Kier alpha value is -6.58. The van der Waals surface area contributed by atoms with Crippen LogP contribution in [0.5, 0.6) is 0 Å². The number of fused-ring (bicyclic) bond motifs is 13. The number of hydrogen-bond acceptors (Lipinski definition) is 0. The number of nitrogens with zero attached hydrogens (tertiary/aromatic N) is 3. The van der Waals surface area contributed by atoms with E-state index < -0.39 is 0 Å². The Balaban J connectivity index is 1.29. The van der Waals surface area contributed by atoms with Gasteiger partial charge in [-0.2, -0.15) is 0 Å². The summed E-state index contributed by atoms with van der Waals surface area (Å²) in [6.45, 7) is 9.80. The SMILES string of the molecule is CC1(C)CCC(C)(C)c2cc3c(cc21)c1c2c4c5ccccc5ccc4n(-c4ccccc4)c2ccc1n3-c1ccc2c3ccccc3n(-c3ccccc3)c2c1. The van der Waals surface area contributed by atoms with Crippen LogP contribution in [0, 0.1) is 0 Å². The standard InChI is InChI=1S/C54H43N3/c1-53(2)29-30-54(3,4)43-33-49-41(32-42(43)53)51-46(57(49)37-24-25-40-39-21-13-14-22-44(39)55(48(40)31-37)35-16-7-5-8-17-35)27-28-47-52(51)50-38-20-12-11-15-34(38)23-26-45(50)56(47)36-18-9-6-10-19-36/h5-28,31-33H,29-30H2,1-4H3. The fourth-order valence-corrected chi connectivity index (χ4v) is 10.5. The van der Waals surface area contributed by atoms with Crippen molar-refractivity contribution in [1.82, 2.24) is 13.7 Å². The van der Waals surface area contributed by atoms with Crippen molar-refractivity contribution in [3.63, 3.8) is 0 Å². The second kappa shape index (κ2) is 11.5. The lowest BCUT2D eigenvalue weighted by Crippen LogP contribution is -2.33. The van der Waals surface area contributed by atoms with Crippen molar-refractivity contribution in [3.8, 4) is 17.1 Å². The van der Waals surface area contributed by atoms with E-state index in [1.807, 2.05) is 0 Å². The third-order valence-electron chi connectivity index (χ3n) is 13.5. The molecule has 3 aromatic heterocycles. The fourth-order valence-electron chi connectivity index (χ4n) is 10.5. The minimum absolute atomic E-state index is 0.0683. The highest BCUT2D eigenvalue weighted by molar-refractivity contribution is 6.33. The van der Waals surface area contributed by atoms with Crippen LogP contribution in [0.15, 0.2) is 164 Å². The molecule has 3 heterocycles. The molecule has 0 bridgehead atoms. The number of para-hydroxylation sites is 3. The minimum Gasteiger partial charge on any atom is -0.309 e. The maximum atomic E-state index is 2.60. The first-order chi connectivity index (χ1) is 27.8. The minimum atomic E-state index is 0.0683. The van der Waals surface area contributed by atoms with Gasteiger partial charge in [-0.3, -0.25) is 0 Å². The van der Waals surface area contributed by atoms with Gasteiger partial charge >= 0.3 is 0 Å². The lowest BCUT2D eigenvalue weighted by Gasteiger charge is -2.42. The van der Waals surface area contributed by atoms with Crippen molar-refractivity contribution in [1.29, 1.82) is 0 Å². The number of rotatable bonds is 3. The van der Waals surface area contributed by atoms with Gasteiger partial charge in [0.25, 0.3) is 0 Å². The first kappa shape index (κ1) is 32.6. The van der Waals surface area contributed by atoms with Gasteiger partial charge in [-0.1, -0.05) is 119 Å². The van der Waals surface area contributed by atoms with Crippen LogP contribution in [0.3, 0.4) is 0 Å². The van der Waals surface area contributed by atoms with Crippen LogP contribution in [0.25, 0.3) is 93.3 Å². The Labute approximate surface area is 332 Å². The first-order valence-corrected chi connectivity index (χ1v) is 20.4. The van der Waals surface area contributed by atoms with E-state index in [1.165, 1.54) is 117 Å². The van der Waals surface area contributed by atoms with Gasteiger partial charge in [0, 0.05) is 49.4 Å². The predicted molar refractivity (Wildman–Crippen MR) is 242 cm³/mol. The van der Waals surface area contributed by atoms with E-state index >= 15 is 0 Å². The van der Waals surface area contributed by atoms with Crippen molar-refractivity contribution < 1.29 is 0 Å². The van der Waals surface area contributed by atoms with Crippen LogP contribution < -0.4 is 0 Å². The van der Waals surface area contributed by atoms with Gasteiger partial charge in [-0.05, 0) is 118 Å². The molecule has 8 aromatic carbocycles. The maximum absolute atomic E-state index is 2.60. The molecule has 0 unspecified atom stereocenters. The molecule has 12 rings (SSSR count). The summed E-state index contributed by atoms with van der Waals surface area (Å²) in [6.07, 6.45) is 2.34. The second-order valence-electron chi connectivity index (χ2n) is 17.6. The van der Waals surface area contributed by atoms with Gasteiger partial charge < -0.3 is 13.7 Å². The Morgan fingerprint density at radius 1 is 0.333 bits per heavy atom. The molecule has 274 valence electrons. The third-order valence-corrected chi connectivity index (χ3v) is 13.5. The van der Waals surface area contributed by atoms with Crippen LogP contribution in [0.1, 0.15) is 51.7 Å². The molecule has 0 atom stereocenters. The van der Waals surface area contributed by atoms with Crippen molar-refractivity contribution >= 4 is 76.2 Å². The van der Waals surface area contributed by atoms with Crippen LogP contribution in [-0.4, -0.2) is 13.7 Å². The third kappa shape index (κ3) is 4.48. The van der Waals surface area contributed by atoms with Crippen molar-refractivity contribution in [3.05, 3.63) is 175 Å². The molecule has 57 heavy (non-hydrogen) atoms. The number of benzene rings is 8. The van der Waals surface area contributed by atoms with Crippen LogP contribution in [-0.2, 0) is 10.8 Å². The van der Waals surface area contributed by atoms with Gasteiger partial charge in [0.15, 0.2) is 0 Å². The topological polar surface area (TPSA) is 14.8 Å².